The number of para-hydroxylation sites is 4. The Kier molecular flexibility index (Phi) is 13.5. The van der Waals surface area contributed by atoms with E-state index in [9.17, 15) is 14.4 Å². The molecule has 0 aliphatic carbocycles. The van der Waals surface area contributed by atoms with E-state index in [0.29, 0.717) is 22.8 Å². The van der Waals surface area contributed by atoms with Crippen LogP contribution in [-0.2, 0) is 4.84 Å². The largest absolute Gasteiger partial charge is 0.337 e. The zero-order chi connectivity index (χ0) is 46.6. The Balaban J connectivity index is 0.000000114. The van der Waals surface area contributed by atoms with E-state index in [4.69, 9.17) is 4.84 Å². The molecule has 0 saturated heterocycles. The normalized spacial score (nSPS) is 11.0. The quantitative estimate of drug-likeness (QED) is 0.0523. The summed E-state index contributed by atoms with van der Waals surface area (Å²) in [5, 5.41) is 33.0. The molecular formula is C47H34I3N13O4. The molecule has 0 radical (unpaired) electrons. The number of nitrogens with zero attached hydrogens (tertiary/aromatic N) is 7. The van der Waals surface area contributed by atoms with Crippen LogP contribution in [0.25, 0.3) is 88.7 Å². The van der Waals surface area contributed by atoms with E-state index in [1.807, 2.05) is 103 Å². The first-order valence-corrected chi connectivity index (χ1v) is 23.4. The van der Waals surface area contributed by atoms with E-state index in [-0.39, 0.29) is 5.91 Å². The Morgan fingerprint density at radius 3 is 1.61 bits per heavy atom. The van der Waals surface area contributed by atoms with Gasteiger partial charge in [0.15, 0.2) is 23.6 Å². The Morgan fingerprint density at radius 2 is 1.04 bits per heavy atom. The minimum Gasteiger partial charge on any atom is -0.337 e. The second kappa shape index (κ2) is 19.9. The number of carbonyl (C=O) groups is 3. The van der Waals surface area contributed by atoms with Crippen molar-refractivity contribution < 1.29 is 19.2 Å². The van der Waals surface area contributed by atoms with Gasteiger partial charge in [-0.25, -0.2) is 15.0 Å². The molecule has 0 atom stereocenters. The maximum absolute atomic E-state index is 11.9. The Morgan fingerprint density at radius 1 is 0.537 bits per heavy atom. The molecule has 0 saturated carbocycles. The van der Waals surface area contributed by atoms with Crippen molar-refractivity contribution in [1.82, 2.24) is 65.8 Å². The highest BCUT2D eigenvalue weighted by atomic mass is 127. The van der Waals surface area contributed by atoms with E-state index >= 15 is 0 Å². The number of amides is 1. The maximum Gasteiger partial charge on any atom is 0.298 e. The summed E-state index contributed by atoms with van der Waals surface area (Å²) >= 11 is 6.70. The molecule has 6 N–H and O–H groups in total. The number of hydrogen-bond acceptors (Lipinski definition) is 10. The van der Waals surface area contributed by atoms with Crippen molar-refractivity contribution in [3.8, 4) is 23.0 Å². The zero-order valence-corrected chi connectivity index (χ0v) is 41.6. The van der Waals surface area contributed by atoms with Gasteiger partial charge in [0.05, 0.1) is 51.2 Å². The van der Waals surface area contributed by atoms with Crippen molar-refractivity contribution in [2.45, 2.75) is 0 Å². The number of fused-ring (bicyclic) bond motifs is 6. The molecule has 6 aromatic carbocycles. The number of aromatic nitrogens is 12. The van der Waals surface area contributed by atoms with E-state index in [1.165, 1.54) is 10.7 Å². The van der Waals surface area contributed by atoms with Gasteiger partial charge in [0.2, 0.25) is 0 Å². The fourth-order valence-electron chi connectivity index (χ4n) is 7.06. The van der Waals surface area contributed by atoms with E-state index < -0.39 is 0 Å². The van der Waals surface area contributed by atoms with Crippen LogP contribution in [0, 0.1) is 10.7 Å². The summed E-state index contributed by atoms with van der Waals surface area (Å²) in [5.41, 5.74) is 10.5. The van der Waals surface area contributed by atoms with Crippen molar-refractivity contribution in [3.05, 3.63) is 149 Å². The molecule has 0 unspecified atom stereocenters. The Bertz CT molecular complexity index is 3690. The standard InChI is InChI=1S/C15H10N4O.C14H9IN4.C10H10IN3O2.C8H5IN2O/c20-8-9-5-6-11-10(7-9)14(19-18-11)15-16-12-3-1-2-4-13(12)17-15;15-8-5-6-10-9(7-8)13(19-18-10)14-16-11-3-1-2-4-12(11)17-14;1-14(16-2)10(15)9-7-5-6(11)3-4-8(7)12-13-9;9-5-1-2-7-6(3-5)8(4-12)11-10-7/h1-8H,(H,16,17)(H,18,19);1-7H,(H,16,17)(H,18,19);3-5H,1-2H3,(H,12,13);1-4H,(H,10,11). The molecule has 17 nitrogen and oxygen atoms in total. The smallest absolute Gasteiger partial charge is 0.298 e. The number of H-pyrrole nitrogens is 6. The molecule has 6 heterocycles. The lowest BCUT2D eigenvalue weighted by molar-refractivity contribution is -0.0759. The summed E-state index contributed by atoms with van der Waals surface area (Å²) in [6, 6.07) is 39.0. The highest BCUT2D eigenvalue weighted by Crippen LogP contribution is 2.29. The molecule has 0 fully saturated rings. The molecular weight excluding hydrogens is 1190 g/mol. The predicted molar refractivity (Wildman–Crippen MR) is 283 cm³/mol. The number of hydroxylamine groups is 2. The lowest BCUT2D eigenvalue weighted by Gasteiger charge is -2.11. The Hall–Kier alpha value is -6.90. The van der Waals surface area contributed by atoms with Gasteiger partial charge in [-0.2, -0.15) is 20.4 Å². The average Bonchev–Trinajstić information content (AvgIpc) is 4.22. The van der Waals surface area contributed by atoms with Crippen LogP contribution < -0.4 is 0 Å². The molecule has 6 aromatic heterocycles. The summed E-state index contributed by atoms with van der Waals surface area (Å²) in [6.45, 7) is 0. The van der Waals surface area contributed by atoms with Crippen molar-refractivity contribution in [3.63, 3.8) is 0 Å². The monoisotopic (exact) mass is 1220 g/mol. The first-order valence-electron chi connectivity index (χ1n) is 20.1. The van der Waals surface area contributed by atoms with Crippen LogP contribution in [0.2, 0.25) is 0 Å². The third-order valence-electron chi connectivity index (χ3n) is 10.4. The van der Waals surface area contributed by atoms with Gasteiger partial charge in [0.1, 0.15) is 23.4 Å². The number of halogens is 3. The predicted octanol–water partition coefficient (Wildman–Crippen LogP) is 10.4. The lowest BCUT2D eigenvalue weighted by atomic mass is 10.1. The summed E-state index contributed by atoms with van der Waals surface area (Å²) in [6.07, 6.45) is 1.61. The number of aldehydes is 2. The van der Waals surface area contributed by atoms with Gasteiger partial charge in [-0.1, -0.05) is 24.3 Å². The zero-order valence-electron chi connectivity index (χ0n) is 35.1. The minimum atomic E-state index is -0.268. The second-order valence-corrected chi connectivity index (χ2v) is 18.4. The SMILES string of the molecule is CON(C)C(=O)c1n[nH]c2ccc(I)cc12.Ic1ccc2[nH]nc(-c3nc4ccccc4[nH]3)c2c1.O=Cc1[nH]nc2ccc(I)cc12.O=Cc1ccc2[nH]nc(-c3nc4ccccc4[nH]3)c2c1. The van der Waals surface area contributed by atoms with Crippen LogP contribution in [-0.4, -0.2) is 98.4 Å². The number of nitrogens with one attached hydrogen (secondary N) is 6. The van der Waals surface area contributed by atoms with Gasteiger partial charge in [-0.15, -0.1) is 0 Å². The molecule has 332 valence electrons. The molecule has 0 aliphatic heterocycles. The summed E-state index contributed by atoms with van der Waals surface area (Å²) in [5.74, 6) is 1.23. The molecule has 20 heteroatoms. The van der Waals surface area contributed by atoms with E-state index in [0.717, 1.165) is 108 Å². The highest BCUT2D eigenvalue weighted by Gasteiger charge is 2.19. The lowest BCUT2D eigenvalue weighted by Crippen LogP contribution is -2.25. The number of rotatable bonds is 6. The van der Waals surface area contributed by atoms with Gasteiger partial charge in [-0.3, -0.25) is 39.6 Å². The summed E-state index contributed by atoms with van der Waals surface area (Å²) in [4.78, 5) is 53.8. The maximum atomic E-state index is 11.9. The second-order valence-electron chi connectivity index (χ2n) is 14.6. The van der Waals surface area contributed by atoms with Crippen molar-refractivity contribution in [2.75, 3.05) is 14.2 Å². The summed E-state index contributed by atoms with van der Waals surface area (Å²) < 4.78 is 3.34. The van der Waals surface area contributed by atoms with Crippen LogP contribution in [0.1, 0.15) is 31.3 Å². The van der Waals surface area contributed by atoms with Crippen LogP contribution >= 0.6 is 67.8 Å². The Labute approximate surface area is 419 Å². The van der Waals surface area contributed by atoms with Crippen molar-refractivity contribution in [1.29, 1.82) is 0 Å². The van der Waals surface area contributed by atoms with Gasteiger partial charge in [0, 0.05) is 44.9 Å². The highest BCUT2D eigenvalue weighted by molar-refractivity contribution is 14.1. The molecule has 12 aromatic rings. The van der Waals surface area contributed by atoms with Gasteiger partial charge in [-0.05, 0) is 165 Å². The number of benzene rings is 6. The average molecular weight is 1230 g/mol. The minimum absolute atomic E-state index is 0.268. The third kappa shape index (κ3) is 9.68. The van der Waals surface area contributed by atoms with E-state index in [2.05, 4.69) is 141 Å². The molecule has 0 spiro atoms. The molecule has 12 rings (SSSR count). The van der Waals surface area contributed by atoms with Gasteiger partial charge >= 0.3 is 0 Å². The van der Waals surface area contributed by atoms with Crippen molar-refractivity contribution in [2.24, 2.45) is 0 Å². The first-order chi connectivity index (χ1) is 32.6. The number of hydrogen-bond donors (Lipinski definition) is 6. The van der Waals surface area contributed by atoms with Gasteiger partial charge in [0.25, 0.3) is 5.91 Å². The third-order valence-corrected chi connectivity index (χ3v) is 12.4. The fraction of sp³-hybridized carbons (Fsp3) is 0.0426. The van der Waals surface area contributed by atoms with Crippen LogP contribution in [0.5, 0.6) is 0 Å². The number of carbonyl (C=O) groups excluding carboxylic acids is 3. The number of imidazole rings is 2. The molecule has 1 amide bonds. The van der Waals surface area contributed by atoms with Crippen LogP contribution in [0.4, 0.5) is 0 Å². The topological polar surface area (TPSA) is 236 Å². The van der Waals surface area contributed by atoms with Crippen molar-refractivity contribution >= 4 is 152 Å². The molecule has 67 heavy (non-hydrogen) atoms. The van der Waals surface area contributed by atoms with Gasteiger partial charge < -0.3 is 9.97 Å². The molecule has 0 bridgehead atoms. The first kappa shape index (κ1) is 45.3. The number of aromatic amines is 6. The molecule has 0 aliphatic rings. The fourth-order valence-corrected chi connectivity index (χ4v) is 8.53. The summed E-state index contributed by atoms with van der Waals surface area (Å²) in [7, 11) is 2.99. The van der Waals surface area contributed by atoms with E-state index in [1.54, 1.807) is 13.1 Å². The van der Waals surface area contributed by atoms with Crippen LogP contribution in [0.3, 0.4) is 0 Å². The van der Waals surface area contributed by atoms with Crippen LogP contribution in [0.15, 0.2) is 121 Å².